The molecule has 1 heterocycles. The van der Waals surface area contributed by atoms with E-state index in [0.29, 0.717) is 30.0 Å². The van der Waals surface area contributed by atoms with Gasteiger partial charge in [-0.2, -0.15) is 0 Å². The van der Waals surface area contributed by atoms with E-state index in [9.17, 15) is 14.4 Å². The van der Waals surface area contributed by atoms with Gasteiger partial charge in [-0.15, -0.1) is 0 Å². The van der Waals surface area contributed by atoms with Crippen molar-refractivity contribution < 1.29 is 14.4 Å². The first-order valence-electron chi connectivity index (χ1n) is 14.0. The summed E-state index contributed by atoms with van der Waals surface area (Å²) in [6.45, 7) is 4.50. The number of hydrogen-bond donors (Lipinski definition) is 1. The highest BCUT2D eigenvalue weighted by Gasteiger charge is 2.32. The second-order valence-electron chi connectivity index (χ2n) is 10.8. The zero-order valence-electron chi connectivity index (χ0n) is 23.3. The Hall–Kier alpha value is -4.16. The van der Waals surface area contributed by atoms with E-state index in [-0.39, 0.29) is 36.7 Å². The predicted molar refractivity (Wildman–Crippen MR) is 164 cm³/mol. The van der Waals surface area contributed by atoms with E-state index in [2.05, 4.69) is 5.32 Å². The summed E-state index contributed by atoms with van der Waals surface area (Å²) in [5, 5.41) is 5.61. The number of benzene rings is 4. The van der Waals surface area contributed by atoms with Crippen molar-refractivity contribution in [2.45, 2.75) is 51.7 Å². The third kappa shape index (κ3) is 6.44. The molecule has 6 nitrogen and oxygen atoms in total. The fourth-order valence-corrected chi connectivity index (χ4v) is 5.58. The standard InChI is InChI=1S/C34H34ClN3O3/c1-23(2)36-33(40)30(21-24-9-4-3-5-10-24)38(22-25-16-18-27(35)19-17-25)31(39)15-8-20-37-29-14-7-12-26-11-6-13-28(32(26)29)34(37)41/h3-7,9-14,16-19,23,30H,8,15,20-22H2,1-2H3,(H,36,40)/t30-/m1/s1. The van der Waals surface area contributed by atoms with Crippen LogP contribution >= 0.6 is 11.6 Å². The number of nitrogens with one attached hydrogen (secondary N) is 1. The van der Waals surface area contributed by atoms with Gasteiger partial charge in [0.15, 0.2) is 0 Å². The van der Waals surface area contributed by atoms with Crippen LogP contribution < -0.4 is 10.2 Å². The summed E-state index contributed by atoms with van der Waals surface area (Å²) < 4.78 is 0. The summed E-state index contributed by atoms with van der Waals surface area (Å²) in [6, 6.07) is 28.0. The van der Waals surface area contributed by atoms with E-state index < -0.39 is 6.04 Å². The van der Waals surface area contributed by atoms with Gasteiger partial charge in [-0.1, -0.05) is 78.3 Å². The SMILES string of the molecule is CC(C)NC(=O)[C@@H](Cc1ccccc1)N(Cc1ccc(Cl)cc1)C(=O)CCCN1C(=O)c2cccc3cccc1c23. The molecule has 41 heavy (non-hydrogen) atoms. The number of hydrogen-bond acceptors (Lipinski definition) is 3. The average Bonchev–Trinajstić information content (AvgIpc) is 3.24. The molecule has 0 saturated carbocycles. The first-order valence-corrected chi connectivity index (χ1v) is 14.4. The summed E-state index contributed by atoms with van der Waals surface area (Å²) in [7, 11) is 0. The molecule has 0 fully saturated rings. The summed E-state index contributed by atoms with van der Waals surface area (Å²) in [6.07, 6.45) is 1.06. The normalized spacial score (nSPS) is 13.1. The molecule has 0 radical (unpaired) electrons. The zero-order valence-corrected chi connectivity index (χ0v) is 24.1. The Bertz CT molecular complexity index is 1550. The number of nitrogens with zero attached hydrogens (tertiary/aromatic N) is 2. The van der Waals surface area contributed by atoms with Crippen LogP contribution in [0.1, 0.15) is 48.2 Å². The lowest BCUT2D eigenvalue weighted by Gasteiger charge is -2.32. The van der Waals surface area contributed by atoms with Crippen molar-refractivity contribution in [3.05, 3.63) is 113 Å². The van der Waals surface area contributed by atoms with E-state index >= 15 is 0 Å². The average molecular weight is 568 g/mol. The van der Waals surface area contributed by atoms with Crippen molar-refractivity contribution in [1.82, 2.24) is 10.2 Å². The molecule has 1 aliphatic rings. The number of amides is 3. The van der Waals surface area contributed by atoms with Crippen LogP contribution in [-0.2, 0) is 22.6 Å². The van der Waals surface area contributed by atoms with Crippen LogP contribution in [0.25, 0.3) is 10.8 Å². The largest absolute Gasteiger partial charge is 0.352 e. The van der Waals surface area contributed by atoms with Gasteiger partial charge in [0.25, 0.3) is 5.91 Å². The Kier molecular flexibility index (Phi) is 8.70. The molecule has 5 rings (SSSR count). The molecule has 0 aliphatic carbocycles. The lowest BCUT2D eigenvalue weighted by molar-refractivity contribution is -0.141. The fraction of sp³-hybridized carbons (Fsp3) is 0.265. The third-order valence-electron chi connectivity index (χ3n) is 7.39. The first-order chi connectivity index (χ1) is 19.8. The summed E-state index contributed by atoms with van der Waals surface area (Å²) in [5.41, 5.74) is 3.43. The van der Waals surface area contributed by atoms with Crippen molar-refractivity contribution >= 4 is 45.8 Å². The van der Waals surface area contributed by atoms with Gasteiger partial charge in [-0.05, 0) is 61.0 Å². The maximum absolute atomic E-state index is 13.9. The lowest BCUT2D eigenvalue weighted by atomic mass is 10.0. The molecule has 4 aromatic carbocycles. The van der Waals surface area contributed by atoms with Gasteiger partial charge in [-0.3, -0.25) is 14.4 Å². The zero-order chi connectivity index (χ0) is 28.9. The summed E-state index contributed by atoms with van der Waals surface area (Å²) in [5.74, 6) is -0.370. The van der Waals surface area contributed by atoms with Crippen LogP contribution in [0.15, 0.2) is 91.0 Å². The highest BCUT2D eigenvalue weighted by molar-refractivity contribution is 6.30. The van der Waals surface area contributed by atoms with Crippen molar-refractivity contribution in [3.8, 4) is 0 Å². The summed E-state index contributed by atoms with van der Waals surface area (Å²) >= 11 is 6.12. The molecular formula is C34H34ClN3O3. The van der Waals surface area contributed by atoms with Gasteiger partial charge in [-0.25, -0.2) is 0 Å². The number of halogens is 1. The van der Waals surface area contributed by atoms with E-state index in [1.807, 2.05) is 92.7 Å². The molecule has 0 saturated heterocycles. The second-order valence-corrected chi connectivity index (χ2v) is 11.2. The molecule has 1 atom stereocenters. The van der Waals surface area contributed by atoms with Gasteiger partial charge in [0, 0.05) is 47.9 Å². The minimum atomic E-state index is -0.700. The Morgan fingerprint density at radius 2 is 1.59 bits per heavy atom. The monoisotopic (exact) mass is 567 g/mol. The number of anilines is 1. The van der Waals surface area contributed by atoms with Gasteiger partial charge in [0.2, 0.25) is 11.8 Å². The Labute approximate surface area is 245 Å². The Balaban J connectivity index is 1.37. The van der Waals surface area contributed by atoms with Gasteiger partial charge in [0.1, 0.15) is 6.04 Å². The van der Waals surface area contributed by atoms with Gasteiger partial charge in [0.05, 0.1) is 5.69 Å². The number of carbonyl (C=O) groups excluding carboxylic acids is 3. The Morgan fingerprint density at radius 3 is 2.29 bits per heavy atom. The van der Waals surface area contributed by atoms with Crippen molar-refractivity contribution in [2.24, 2.45) is 0 Å². The van der Waals surface area contributed by atoms with Crippen molar-refractivity contribution in [1.29, 1.82) is 0 Å². The number of rotatable bonds is 11. The van der Waals surface area contributed by atoms with Crippen molar-refractivity contribution in [2.75, 3.05) is 11.4 Å². The third-order valence-corrected chi connectivity index (χ3v) is 7.64. The van der Waals surface area contributed by atoms with E-state index in [0.717, 1.165) is 27.6 Å². The molecular weight excluding hydrogens is 534 g/mol. The fourth-order valence-electron chi connectivity index (χ4n) is 5.45. The smallest absolute Gasteiger partial charge is 0.258 e. The van der Waals surface area contributed by atoms with Crippen LogP contribution in [-0.4, -0.2) is 41.2 Å². The van der Waals surface area contributed by atoms with Gasteiger partial charge >= 0.3 is 0 Å². The Morgan fingerprint density at radius 1 is 0.878 bits per heavy atom. The minimum absolute atomic E-state index is 0.0412. The van der Waals surface area contributed by atoms with Crippen LogP contribution in [0, 0.1) is 0 Å². The van der Waals surface area contributed by atoms with E-state index in [1.165, 1.54) is 0 Å². The predicted octanol–water partition coefficient (Wildman–Crippen LogP) is 6.40. The molecule has 7 heteroatoms. The highest BCUT2D eigenvalue weighted by atomic mass is 35.5. The van der Waals surface area contributed by atoms with Crippen LogP contribution in [0.2, 0.25) is 5.02 Å². The van der Waals surface area contributed by atoms with E-state index in [4.69, 9.17) is 11.6 Å². The molecule has 3 amide bonds. The quantitative estimate of drug-likeness (QED) is 0.228. The molecule has 4 aromatic rings. The maximum Gasteiger partial charge on any atom is 0.258 e. The summed E-state index contributed by atoms with van der Waals surface area (Å²) in [4.78, 5) is 44.1. The molecule has 1 N–H and O–H groups in total. The van der Waals surface area contributed by atoms with Crippen LogP contribution in [0.4, 0.5) is 5.69 Å². The lowest BCUT2D eigenvalue weighted by Crippen LogP contribution is -2.51. The molecule has 0 bridgehead atoms. The minimum Gasteiger partial charge on any atom is -0.352 e. The van der Waals surface area contributed by atoms with Crippen molar-refractivity contribution in [3.63, 3.8) is 0 Å². The van der Waals surface area contributed by atoms with Crippen LogP contribution in [0.5, 0.6) is 0 Å². The molecule has 1 aliphatic heterocycles. The molecule has 0 spiro atoms. The first kappa shape index (κ1) is 28.4. The number of carbonyl (C=O) groups is 3. The maximum atomic E-state index is 13.9. The van der Waals surface area contributed by atoms with Crippen LogP contribution in [0.3, 0.4) is 0 Å². The van der Waals surface area contributed by atoms with Gasteiger partial charge < -0.3 is 15.1 Å². The molecule has 210 valence electrons. The second kappa shape index (κ2) is 12.6. The topological polar surface area (TPSA) is 69.7 Å². The molecule has 0 aromatic heterocycles. The van der Waals surface area contributed by atoms with E-state index in [1.54, 1.807) is 21.9 Å². The highest BCUT2D eigenvalue weighted by Crippen LogP contribution is 2.37. The molecule has 0 unspecified atom stereocenters.